The lowest BCUT2D eigenvalue weighted by Crippen LogP contribution is -2.58. The molecule has 1 N–H and O–H groups in total. The third kappa shape index (κ3) is 5.23. The van der Waals surface area contributed by atoms with Gasteiger partial charge < -0.3 is 15.0 Å². The maximum Gasteiger partial charge on any atom is 0.408 e. The quantitative estimate of drug-likeness (QED) is 0.452. The molecule has 2 fully saturated rings. The minimum atomic E-state index is -4.08. The number of likely N-dealkylation sites (tertiary alicyclic amines) is 1. The predicted molar refractivity (Wildman–Crippen MR) is 136 cm³/mol. The van der Waals surface area contributed by atoms with Crippen molar-refractivity contribution in [1.29, 1.82) is 0 Å². The number of alkyl carbamates (subject to hydrolysis) is 1. The average Bonchev–Trinajstić information content (AvgIpc) is 3.36. The van der Waals surface area contributed by atoms with Crippen LogP contribution in [-0.2, 0) is 37.0 Å². The Morgan fingerprint density at radius 1 is 0.946 bits per heavy atom. The van der Waals surface area contributed by atoms with Crippen molar-refractivity contribution in [2.24, 2.45) is 0 Å². The fourth-order valence-electron chi connectivity index (χ4n) is 5.06. The summed E-state index contributed by atoms with van der Waals surface area (Å²) in [6.45, 7) is 2.19. The molecule has 5 rings (SSSR count). The zero-order valence-corrected chi connectivity index (χ0v) is 21.2. The number of fused-ring (bicyclic) bond motifs is 2. The van der Waals surface area contributed by atoms with E-state index in [1.807, 2.05) is 67.6 Å². The van der Waals surface area contributed by atoms with Crippen LogP contribution in [0.3, 0.4) is 0 Å². The molecule has 2 aliphatic rings. The van der Waals surface area contributed by atoms with Gasteiger partial charge in [-0.3, -0.25) is 8.98 Å². The summed E-state index contributed by atoms with van der Waals surface area (Å²) in [6, 6.07) is 24.5. The number of nitrogens with one attached hydrogen (secondary N) is 1. The highest BCUT2D eigenvalue weighted by molar-refractivity contribution is 7.86. The van der Waals surface area contributed by atoms with E-state index in [1.165, 1.54) is 12.1 Å². The molecule has 1 aliphatic carbocycles. The van der Waals surface area contributed by atoms with Crippen LogP contribution in [0.1, 0.15) is 29.5 Å². The number of hydrogen-bond acceptors (Lipinski definition) is 6. The first-order valence-corrected chi connectivity index (χ1v) is 13.5. The van der Waals surface area contributed by atoms with Gasteiger partial charge in [0, 0.05) is 19.4 Å². The molecule has 2 amide bonds. The molecular formula is C28H28N2O6S. The first-order valence-electron chi connectivity index (χ1n) is 12.1. The number of hydrogen-bond donors (Lipinski definition) is 1. The summed E-state index contributed by atoms with van der Waals surface area (Å²) >= 11 is 0. The zero-order chi connectivity index (χ0) is 26.0. The molecule has 3 atom stereocenters. The molecule has 192 valence electrons. The number of carbonyl (C=O) groups excluding carboxylic acids is 2. The molecule has 37 heavy (non-hydrogen) atoms. The summed E-state index contributed by atoms with van der Waals surface area (Å²) in [4.78, 5) is 28.0. The van der Waals surface area contributed by atoms with Gasteiger partial charge in [-0.25, -0.2) is 4.79 Å². The molecule has 0 spiro atoms. The van der Waals surface area contributed by atoms with Crippen LogP contribution < -0.4 is 5.32 Å². The van der Waals surface area contributed by atoms with Gasteiger partial charge in [0.2, 0.25) is 5.91 Å². The summed E-state index contributed by atoms with van der Waals surface area (Å²) < 4.78 is 37.2. The lowest BCUT2D eigenvalue weighted by atomic mass is 9.97. The van der Waals surface area contributed by atoms with E-state index in [0.717, 1.165) is 16.7 Å². The molecule has 1 saturated carbocycles. The molecule has 3 unspecified atom stereocenters. The van der Waals surface area contributed by atoms with E-state index < -0.39 is 33.9 Å². The van der Waals surface area contributed by atoms with E-state index in [0.29, 0.717) is 0 Å². The van der Waals surface area contributed by atoms with Crippen molar-refractivity contribution in [2.45, 2.75) is 55.5 Å². The lowest BCUT2D eigenvalue weighted by molar-refractivity contribution is -0.140. The van der Waals surface area contributed by atoms with Crippen LogP contribution in [0.15, 0.2) is 89.8 Å². The lowest BCUT2D eigenvalue weighted by Gasteiger charge is -2.36. The van der Waals surface area contributed by atoms with E-state index >= 15 is 0 Å². The minimum Gasteiger partial charge on any atom is -0.445 e. The maximum atomic E-state index is 13.6. The van der Waals surface area contributed by atoms with E-state index in [4.69, 9.17) is 8.92 Å². The van der Waals surface area contributed by atoms with Gasteiger partial charge in [-0.2, -0.15) is 8.42 Å². The number of amides is 2. The van der Waals surface area contributed by atoms with Gasteiger partial charge in [0.05, 0.1) is 10.9 Å². The fourth-order valence-corrected chi connectivity index (χ4v) is 6.17. The summed E-state index contributed by atoms with van der Waals surface area (Å²) in [5.41, 5.74) is 1.33. The van der Waals surface area contributed by atoms with E-state index in [2.05, 4.69) is 5.32 Å². The third-order valence-corrected chi connectivity index (χ3v) is 8.27. The maximum absolute atomic E-state index is 13.6. The van der Waals surface area contributed by atoms with Crippen molar-refractivity contribution in [1.82, 2.24) is 10.2 Å². The largest absolute Gasteiger partial charge is 0.445 e. The highest BCUT2D eigenvalue weighted by Gasteiger charge is 2.63. The second kappa shape index (κ2) is 9.99. The standard InChI is InChI=1S/C28H28N2O6S/c1-20-12-14-23(15-13-20)37(33,34)36-25-17-28(29-27(32)35-19-22-10-6-3-7-11-22)16-24(25)30(26(28)31)18-21-8-4-2-5-9-21/h2-15,24-25H,16-19H2,1H3,(H,29,32). The number of aryl methyl sites for hydroxylation is 1. The summed E-state index contributed by atoms with van der Waals surface area (Å²) in [6.07, 6.45) is -1.29. The van der Waals surface area contributed by atoms with Crippen molar-refractivity contribution in [3.63, 3.8) is 0 Å². The van der Waals surface area contributed by atoms with E-state index in [1.54, 1.807) is 17.0 Å². The summed E-state index contributed by atoms with van der Waals surface area (Å²) in [5.74, 6) is -0.273. The smallest absolute Gasteiger partial charge is 0.408 e. The Hall–Kier alpha value is -3.69. The van der Waals surface area contributed by atoms with Crippen LogP contribution in [0, 0.1) is 6.92 Å². The predicted octanol–water partition coefficient (Wildman–Crippen LogP) is 3.94. The molecule has 3 aromatic carbocycles. The Morgan fingerprint density at radius 3 is 2.22 bits per heavy atom. The van der Waals surface area contributed by atoms with Gasteiger partial charge in [0.1, 0.15) is 18.2 Å². The summed E-state index contributed by atoms with van der Waals surface area (Å²) in [5, 5.41) is 2.76. The van der Waals surface area contributed by atoms with Crippen LogP contribution in [0.25, 0.3) is 0 Å². The van der Waals surface area contributed by atoms with E-state index in [9.17, 15) is 18.0 Å². The molecule has 3 aromatic rings. The molecule has 0 radical (unpaired) electrons. The van der Waals surface area contributed by atoms with Gasteiger partial charge in [0.15, 0.2) is 0 Å². The van der Waals surface area contributed by atoms with Crippen LogP contribution in [0.2, 0.25) is 0 Å². The van der Waals surface area contributed by atoms with Crippen LogP contribution >= 0.6 is 0 Å². The molecule has 0 aromatic heterocycles. The third-order valence-electron chi connectivity index (χ3n) is 6.92. The van der Waals surface area contributed by atoms with E-state index in [-0.39, 0.29) is 36.8 Å². The topological polar surface area (TPSA) is 102 Å². The number of rotatable bonds is 8. The molecular weight excluding hydrogens is 492 g/mol. The summed E-state index contributed by atoms with van der Waals surface area (Å²) in [7, 11) is -4.08. The second-order valence-electron chi connectivity index (χ2n) is 9.56. The number of benzene rings is 3. The molecule has 1 heterocycles. The minimum absolute atomic E-state index is 0.0350. The normalized spacial score (nSPS) is 22.7. The van der Waals surface area contributed by atoms with Gasteiger partial charge in [0.25, 0.3) is 10.1 Å². The highest BCUT2D eigenvalue weighted by Crippen LogP contribution is 2.45. The van der Waals surface area contributed by atoms with Gasteiger partial charge in [-0.15, -0.1) is 0 Å². The average molecular weight is 521 g/mol. The number of carbonyl (C=O) groups is 2. The van der Waals surface area contributed by atoms with Crippen molar-refractivity contribution in [2.75, 3.05) is 0 Å². The Bertz CT molecular complexity index is 1380. The monoisotopic (exact) mass is 520 g/mol. The number of nitrogens with zero attached hydrogens (tertiary/aromatic N) is 1. The number of ether oxygens (including phenoxy) is 1. The van der Waals surface area contributed by atoms with Crippen LogP contribution in [0.4, 0.5) is 4.79 Å². The molecule has 9 heteroatoms. The first kappa shape index (κ1) is 25.0. The number of piperidine rings is 1. The highest BCUT2D eigenvalue weighted by atomic mass is 32.2. The van der Waals surface area contributed by atoms with Crippen LogP contribution in [0.5, 0.6) is 0 Å². The molecule has 2 bridgehead atoms. The Kier molecular flexibility index (Phi) is 6.74. The van der Waals surface area contributed by atoms with Gasteiger partial charge in [-0.1, -0.05) is 78.4 Å². The molecule has 1 aliphatic heterocycles. The Morgan fingerprint density at radius 2 is 1.57 bits per heavy atom. The molecule has 1 saturated heterocycles. The van der Waals surface area contributed by atoms with Crippen molar-refractivity contribution < 1.29 is 26.9 Å². The zero-order valence-electron chi connectivity index (χ0n) is 20.4. The fraction of sp³-hybridized carbons (Fsp3) is 0.286. The van der Waals surface area contributed by atoms with Crippen molar-refractivity contribution in [3.8, 4) is 0 Å². The molecule has 8 nitrogen and oxygen atoms in total. The Labute approximate surface area is 216 Å². The van der Waals surface area contributed by atoms with Crippen molar-refractivity contribution in [3.05, 3.63) is 102 Å². The van der Waals surface area contributed by atoms with Crippen LogP contribution in [-0.4, -0.2) is 43.0 Å². The second-order valence-corrected chi connectivity index (χ2v) is 11.1. The first-order chi connectivity index (χ1) is 17.8. The van der Waals surface area contributed by atoms with Gasteiger partial charge >= 0.3 is 6.09 Å². The SMILES string of the molecule is Cc1ccc(S(=O)(=O)OC2CC3(NC(=O)OCc4ccccc4)CC2N(Cc2ccccc2)C3=O)cc1. The Balaban J connectivity index is 1.36. The van der Waals surface area contributed by atoms with Crippen molar-refractivity contribution >= 4 is 22.1 Å². The van der Waals surface area contributed by atoms with Gasteiger partial charge in [-0.05, 0) is 30.2 Å².